The lowest BCUT2D eigenvalue weighted by molar-refractivity contribution is 1.01. The Morgan fingerprint density at radius 2 is 1.12 bits per heavy atom. The van der Waals surface area contributed by atoms with Gasteiger partial charge < -0.3 is 4.57 Å². The third kappa shape index (κ3) is 3.66. The van der Waals surface area contributed by atoms with Crippen molar-refractivity contribution in [2.75, 3.05) is 0 Å². The van der Waals surface area contributed by atoms with Crippen molar-refractivity contribution in [3.05, 3.63) is 152 Å². The molecule has 6 aromatic carbocycles. The molecule has 6 heteroatoms. The molecule has 5 nitrogen and oxygen atoms in total. The fraction of sp³-hybridized carbons (Fsp3) is 0. The molecule has 0 atom stereocenters. The number of aromatic nitrogens is 5. The summed E-state index contributed by atoms with van der Waals surface area (Å²) >= 11 is 1.83. The summed E-state index contributed by atoms with van der Waals surface area (Å²) in [6.45, 7) is 0. The summed E-state index contributed by atoms with van der Waals surface area (Å²) in [5, 5.41) is 7.15. The smallest absolute Gasteiger partial charge is 0.236 e. The van der Waals surface area contributed by atoms with Crippen LogP contribution in [0.1, 0.15) is 0 Å². The highest BCUT2D eigenvalue weighted by Crippen LogP contribution is 2.47. The van der Waals surface area contributed by atoms with Crippen molar-refractivity contribution in [2.45, 2.75) is 0 Å². The maximum atomic E-state index is 5.54. The number of thiophene rings is 1. The summed E-state index contributed by atoms with van der Waals surface area (Å²) in [6.07, 6.45) is 1.89. The summed E-state index contributed by atoms with van der Waals surface area (Å²) in [4.78, 5) is 16.1. The number of hydrogen-bond acceptors (Lipinski definition) is 4. The predicted octanol–water partition coefficient (Wildman–Crippen LogP) is 11.3. The molecule has 0 unspecified atom stereocenters. The number of hydrogen-bond donors (Lipinski definition) is 0. The molecule has 0 amide bonds. The standard InChI is InChI=1S/C43H25N5S/c1-3-14-26(15-4-1)37-41-38(30-20-9-11-22-32(30)47(41)27-16-5-2-6-17-27)46-43(45-37)48-33-23-13-25-44-39(33)36-29-19-8-7-18-28(29)35-31-21-10-12-24-34(31)49-42(35)40(36)48/h1-25H. The number of benzene rings is 6. The topological polar surface area (TPSA) is 48.5 Å². The van der Waals surface area contributed by atoms with E-state index in [1.54, 1.807) is 0 Å². The van der Waals surface area contributed by atoms with E-state index in [4.69, 9.17) is 15.0 Å². The molecule has 0 spiro atoms. The van der Waals surface area contributed by atoms with E-state index in [1.807, 2.05) is 23.6 Å². The van der Waals surface area contributed by atoms with Crippen LogP contribution < -0.4 is 0 Å². The lowest BCUT2D eigenvalue weighted by Crippen LogP contribution is -2.05. The molecule has 0 bridgehead atoms. The summed E-state index contributed by atoms with van der Waals surface area (Å²) in [6, 6.07) is 51.2. The van der Waals surface area contributed by atoms with E-state index in [0.29, 0.717) is 5.95 Å². The highest BCUT2D eigenvalue weighted by atomic mass is 32.1. The lowest BCUT2D eigenvalue weighted by Gasteiger charge is -2.13. The number of nitrogens with zero attached hydrogens (tertiary/aromatic N) is 5. The van der Waals surface area contributed by atoms with Gasteiger partial charge in [-0.05, 0) is 47.2 Å². The van der Waals surface area contributed by atoms with Gasteiger partial charge in [0, 0.05) is 43.7 Å². The minimum absolute atomic E-state index is 0.629. The molecule has 0 aliphatic heterocycles. The van der Waals surface area contributed by atoms with Gasteiger partial charge in [0.1, 0.15) is 11.2 Å². The van der Waals surface area contributed by atoms with Gasteiger partial charge in [-0.25, -0.2) is 9.97 Å². The average molecular weight is 644 g/mol. The van der Waals surface area contributed by atoms with Crippen molar-refractivity contribution in [1.29, 1.82) is 0 Å². The van der Waals surface area contributed by atoms with E-state index in [-0.39, 0.29) is 0 Å². The van der Waals surface area contributed by atoms with Crippen molar-refractivity contribution >= 4 is 86.2 Å². The van der Waals surface area contributed by atoms with Crippen LogP contribution in [0, 0.1) is 0 Å². The summed E-state index contributed by atoms with van der Waals surface area (Å²) in [5.41, 5.74) is 9.00. The van der Waals surface area contributed by atoms with Crippen molar-refractivity contribution < 1.29 is 0 Å². The first-order chi connectivity index (χ1) is 24.3. The SMILES string of the molecule is c1ccc(-c2nc(-n3c4cccnc4c4c5ccccc5c5c6ccccc6sc5c43)nc3c4ccccc4n(-c4ccccc4)c23)cc1. The molecule has 0 radical (unpaired) electrons. The second-order valence-electron chi connectivity index (χ2n) is 12.4. The molecule has 49 heavy (non-hydrogen) atoms. The molecule has 0 aliphatic rings. The third-order valence-electron chi connectivity index (χ3n) is 9.76. The van der Waals surface area contributed by atoms with Gasteiger partial charge in [0.15, 0.2) is 0 Å². The fourth-order valence-electron chi connectivity index (χ4n) is 7.77. The second kappa shape index (κ2) is 10.1. The van der Waals surface area contributed by atoms with E-state index in [0.717, 1.165) is 60.8 Å². The number of para-hydroxylation sites is 2. The molecule has 0 aliphatic carbocycles. The fourth-order valence-corrected chi connectivity index (χ4v) is 9.02. The van der Waals surface area contributed by atoms with Gasteiger partial charge in [0.05, 0.1) is 32.3 Å². The highest BCUT2D eigenvalue weighted by molar-refractivity contribution is 7.27. The quantitative estimate of drug-likeness (QED) is 0.192. The highest BCUT2D eigenvalue weighted by Gasteiger charge is 2.26. The van der Waals surface area contributed by atoms with E-state index in [1.165, 1.54) is 30.9 Å². The van der Waals surface area contributed by atoms with Gasteiger partial charge in [-0.2, -0.15) is 0 Å². The Kier molecular flexibility index (Phi) is 5.48. The Bertz CT molecular complexity index is 3100. The third-order valence-corrected chi connectivity index (χ3v) is 10.9. The number of rotatable bonds is 3. The van der Waals surface area contributed by atoms with Crippen molar-refractivity contribution in [3.8, 4) is 22.9 Å². The zero-order chi connectivity index (χ0) is 32.1. The molecule has 11 rings (SSSR count). The molecule has 5 aromatic heterocycles. The Morgan fingerprint density at radius 3 is 1.94 bits per heavy atom. The maximum Gasteiger partial charge on any atom is 0.236 e. The first kappa shape index (κ1) is 26.7. The van der Waals surface area contributed by atoms with Crippen molar-refractivity contribution in [1.82, 2.24) is 24.1 Å². The van der Waals surface area contributed by atoms with Gasteiger partial charge in [0.2, 0.25) is 5.95 Å². The molecular weight excluding hydrogens is 619 g/mol. The first-order valence-electron chi connectivity index (χ1n) is 16.4. The minimum Gasteiger partial charge on any atom is -0.306 e. The Balaban J connectivity index is 1.38. The second-order valence-corrected chi connectivity index (χ2v) is 13.5. The van der Waals surface area contributed by atoms with E-state index in [9.17, 15) is 0 Å². The van der Waals surface area contributed by atoms with Gasteiger partial charge in [-0.15, -0.1) is 11.3 Å². The molecule has 0 saturated heterocycles. The van der Waals surface area contributed by atoms with Crippen LogP contribution in [-0.2, 0) is 0 Å². The Morgan fingerprint density at radius 1 is 0.469 bits per heavy atom. The van der Waals surface area contributed by atoms with E-state index < -0.39 is 0 Å². The van der Waals surface area contributed by atoms with Gasteiger partial charge >= 0.3 is 0 Å². The zero-order valence-corrected chi connectivity index (χ0v) is 26.9. The maximum absolute atomic E-state index is 5.54. The summed E-state index contributed by atoms with van der Waals surface area (Å²) < 4.78 is 7.04. The van der Waals surface area contributed by atoms with Crippen LogP contribution in [0.3, 0.4) is 0 Å². The molecule has 11 aromatic rings. The Labute approximate surface area is 284 Å². The zero-order valence-electron chi connectivity index (χ0n) is 26.1. The van der Waals surface area contributed by atoms with Crippen LogP contribution >= 0.6 is 11.3 Å². The molecule has 228 valence electrons. The van der Waals surface area contributed by atoms with Crippen molar-refractivity contribution in [3.63, 3.8) is 0 Å². The molecular formula is C43H25N5S. The van der Waals surface area contributed by atoms with Gasteiger partial charge in [0.25, 0.3) is 0 Å². The largest absolute Gasteiger partial charge is 0.306 e. The summed E-state index contributed by atoms with van der Waals surface area (Å²) in [5.74, 6) is 0.629. The van der Waals surface area contributed by atoms with Crippen LogP contribution in [0.2, 0.25) is 0 Å². The first-order valence-corrected chi connectivity index (χ1v) is 17.2. The number of fused-ring (bicyclic) bond motifs is 13. The van der Waals surface area contributed by atoms with Crippen LogP contribution in [0.4, 0.5) is 0 Å². The number of pyridine rings is 1. The molecule has 0 saturated carbocycles. The average Bonchev–Trinajstić information content (AvgIpc) is 3.84. The lowest BCUT2D eigenvalue weighted by atomic mass is 10.00. The van der Waals surface area contributed by atoms with Crippen LogP contribution in [0.15, 0.2) is 152 Å². The van der Waals surface area contributed by atoms with Gasteiger partial charge in [-0.1, -0.05) is 109 Å². The Hall–Kier alpha value is -6.37. The van der Waals surface area contributed by atoms with E-state index in [2.05, 4.69) is 149 Å². The monoisotopic (exact) mass is 643 g/mol. The molecule has 5 heterocycles. The minimum atomic E-state index is 0.629. The summed E-state index contributed by atoms with van der Waals surface area (Å²) in [7, 11) is 0. The molecule has 0 N–H and O–H groups in total. The van der Waals surface area contributed by atoms with Crippen LogP contribution in [0.25, 0.3) is 97.7 Å². The van der Waals surface area contributed by atoms with Crippen LogP contribution in [0.5, 0.6) is 0 Å². The normalized spacial score (nSPS) is 12.1. The molecule has 0 fully saturated rings. The van der Waals surface area contributed by atoms with Crippen molar-refractivity contribution in [2.24, 2.45) is 0 Å². The van der Waals surface area contributed by atoms with Gasteiger partial charge in [-0.3, -0.25) is 9.55 Å². The van der Waals surface area contributed by atoms with Crippen LogP contribution in [-0.4, -0.2) is 24.1 Å². The van der Waals surface area contributed by atoms with E-state index >= 15 is 0 Å². The predicted molar refractivity (Wildman–Crippen MR) is 204 cm³/mol.